The molecule has 1 saturated carbocycles. The van der Waals surface area contributed by atoms with Crippen molar-refractivity contribution in [2.24, 2.45) is 0 Å². The van der Waals surface area contributed by atoms with E-state index in [4.69, 9.17) is 11.6 Å². The summed E-state index contributed by atoms with van der Waals surface area (Å²) in [6.07, 6.45) is 4.04. The molecule has 1 aromatic heterocycles. The molecule has 0 radical (unpaired) electrons. The highest BCUT2D eigenvalue weighted by atomic mass is 35.5. The lowest BCUT2D eigenvalue weighted by Crippen LogP contribution is -2.40. The van der Waals surface area contributed by atoms with E-state index >= 15 is 0 Å². The Hall–Kier alpha value is -0.120. The van der Waals surface area contributed by atoms with E-state index in [2.05, 4.69) is 22.2 Å². The number of halogens is 1. The van der Waals surface area contributed by atoms with Crippen LogP contribution < -0.4 is 0 Å². The molecule has 0 saturated heterocycles. The molecule has 1 aromatic rings. The highest BCUT2D eigenvalue weighted by Crippen LogP contribution is 2.26. The maximum atomic E-state index is 5.83. The Bertz CT molecular complexity index is 309. The summed E-state index contributed by atoms with van der Waals surface area (Å²) in [5.41, 5.74) is 1.13. The fourth-order valence-electron chi connectivity index (χ4n) is 1.90. The fourth-order valence-corrected chi connectivity index (χ4v) is 2.91. The van der Waals surface area contributed by atoms with Gasteiger partial charge in [0.1, 0.15) is 5.01 Å². The maximum Gasteiger partial charge on any atom is 0.107 e. The van der Waals surface area contributed by atoms with Crippen LogP contribution in [0, 0.1) is 6.92 Å². The van der Waals surface area contributed by atoms with Crippen molar-refractivity contribution in [1.29, 1.82) is 0 Å². The van der Waals surface area contributed by atoms with E-state index in [-0.39, 0.29) is 0 Å². The van der Waals surface area contributed by atoms with Crippen LogP contribution in [0.25, 0.3) is 0 Å². The predicted molar refractivity (Wildman–Crippen MR) is 65.6 cm³/mol. The molecule has 1 aliphatic rings. The normalized spacial score (nSPS) is 17.0. The van der Waals surface area contributed by atoms with Gasteiger partial charge < -0.3 is 0 Å². The van der Waals surface area contributed by atoms with Gasteiger partial charge in [0.2, 0.25) is 0 Å². The summed E-state index contributed by atoms with van der Waals surface area (Å²) < 4.78 is 0. The number of aryl methyl sites for hydroxylation is 1. The first-order chi connectivity index (χ1) is 7.29. The molecule has 1 fully saturated rings. The first kappa shape index (κ1) is 11.4. The second-order valence-corrected chi connectivity index (χ2v) is 5.45. The lowest BCUT2D eigenvalue weighted by Gasteiger charge is -2.36. The molecule has 0 spiro atoms. The minimum atomic E-state index is 0.723. The van der Waals surface area contributed by atoms with E-state index < -0.39 is 0 Å². The van der Waals surface area contributed by atoms with Crippen LogP contribution >= 0.6 is 22.9 Å². The Labute approximate surface area is 100 Å². The third-order valence-electron chi connectivity index (χ3n) is 2.97. The fraction of sp³-hybridized carbons (Fsp3) is 0.727. The lowest BCUT2D eigenvalue weighted by atomic mass is 9.91. The van der Waals surface area contributed by atoms with Crippen LogP contribution in [0.5, 0.6) is 0 Å². The van der Waals surface area contributed by atoms with E-state index in [1.165, 1.54) is 24.3 Å². The molecule has 15 heavy (non-hydrogen) atoms. The van der Waals surface area contributed by atoms with E-state index in [1.54, 1.807) is 11.3 Å². The Kier molecular flexibility index (Phi) is 4.00. The molecule has 0 N–H and O–H groups in total. The number of nitrogens with zero attached hydrogens (tertiary/aromatic N) is 2. The minimum Gasteiger partial charge on any atom is -0.293 e. The van der Waals surface area contributed by atoms with Gasteiger partial charge in [0, 0.05) is 29.5 Å². The van der Waals surface area contributed by atoms with E-state index in [1.807, 2.05) is 0 Å². The first-order valence-electron chi connectivity index (χ1n) is 5.50. The molecule has 84 valence electrons. The third-order valence-corrected chi connectivity index (χ3v) is 4.09. The van der Waals surface area contributed by atoms with Crippen LogP contribution in [0.4, 0.5) is 0 Å². The van der Waals surface area contributed by atoms with Gasteiger partial charge in [-0.1, -0.05) is 6.42 Å². The number of aromatic nitrogens is 1. The second-order valence-electron chi connectivity index (χ2n) is 4.13. The predicted octanol–water partition coefficient (Wildman–Crippen LogP) is 3.04. The third kappa shape index (κ3) is 2.92. The molecular weight excluding hydrogens is 228 g/mol. The van der Waals surface area contributed by atoms with Crippen LogP contribution in [0.1, 0.15) is 30.0 Å². The van der Waals surface area contributed by atoms with E-state index in [9.17, 15) is 0 Å². The topological polar surface area (TPSA) is 16.1 Å². The molecule has 1 heterocycles. The van der Waals surface area contributed by atoms with Crippen LogP contribution in [-0.2, 0) is 6.54 Å². The summed E-state index contributed by atoms with van der Waals surface area (Å²) in [5.74, 6) is 0.723. The zero-order valence-electron chi connectivity index (χ0n) is 9.08. The Balaban J connectivity index is 1.93. The Morgan fingerprint density at radius 1 is 1.60 bits per heavy atom. The SMILES string of the molecule is Cc1csc(CN(CCCl)C2CCC2)n1. The summed E-state index contributed by atoms with van der Waals surface area (Å²) in [5, 5.41) is 3.35. The van der Waals surface area contributed by atoms with Gasteiger partial charge in [-0.25, -0.2) is 4.98 Å². The van der Waals surface area contributed by atoms with Crippen LogP contribution in [0.15, 0.2) is 5.38 Å². The number of hydrogen-bond donors (Lipinski definition) is 0. The summed E-state index contributed by atoms with van der Waals surface area (Å²) >= 11 is 7.59. The number of hydrogen-bond acceptors (Lipinski definition) is 3. The van der Waals surface area contributed by atoms with Gasteiger partial charge >= 0.3 is 0 Å². The molecule has 0 amide bonds. The van der Waals surface area contributed by atoms with Gasteiger partial charge in [-0.2, -0.15) is 0 Å². The summed E-state index contributed by atoms with van der Waals surface area (Å²) in [6, 6.07) is 0.757. The molecule has 0 aliphatic heterocycles. The van der Waals surface area contributed by atoms with Crippen molar-refractivity contribution in [2.75, 3.05) is 12.4 Å². The smallest absolute Gasteiger partial charge is 0.107 e. The van der Waals surface area contributed by atoms with Crippen molar-refractivity contribution >= 4 is 22.9 Å². The largest absolute Gasteiger partial charge is 0.293 e. The molecule has 4 heteroatoms. The molecule has 2 nitrogen and oxygen atoms in total. The van der Waals surface area contributed by atoms with Crippen molar-refractivity contribution < 1.29 is 0 Å². The monoisotopic (exact) mass is 244 g/mol. The number of thiazole rings is 1. The zero-order chi connectivity index (χ0) is 10.7. The highest BCUT2D eigenvalue weighted by molar-refractivity contribution is 7.09. The van der Waals surface area contributed by atoms with Crippen molar-refractivity contribution in [1.82, 2.24) is 9.88 Å². The lowest BCUT2D eigenvalue weighted by molar-refractivity contribution is 0.127. The number of alkyl halides is 1. The zero-order valence-corrected chi connectivity index (χ0v) is 10.7. The molecule has 1 aliphatic carbocycles. The summed E-state index contributed by atoms with van der Waals surface area (Å²) in [7, 11) is 0. The van der Waals surface area contributed by atoms with Crippen molar-refractivity contribution in [3.8, 4) is 0 Å². The van der Waals surface area contributed by atoms with E-state index in [0.717, 1.165) is 30.7 Å². The standard InChI is InChI=1S/C11H17ClN2S/c1-9-8-15-11(13-9)7-14(6-5-12)10-3-2-4-10/h8,10H,2-7H2,1H3. The summed E-state index contributed by atoms with van der Waals surface area (Å²) in [4.78, 5) is 6.99. The maximum absolute atomic E-state index is 5.83. The number of rotatable bonds is 5. The van der Waals surface area contributed by atoms with E-state index in [0.29, 0.717) is 0 Å². The van der Waals surface area contributed by atoms with Gasteiger partial charge in [-0.05, 0) is 19.8 Å². The second kappa shape index (κ2) is 5.28. The Morgan fingerprint density at radius 2 is 2.40 bits per heavy atom. The van der Waals surface area contributed by atoms with Gasteiger partial charge in [-0.15, -0.1) is 22.9 Å². The van der Waals surface area contributed by atoms with Crippen LogP contribution in [0.3, 0.4) is 0 Å². The van der Waals surface area contributed by atoms with Crippen LogP contribution in [-0.4, -0.2) is 28.4 Å². The quantitative estimate of drug-likeness (QED) is 0.741. The first-order valence-corrected chi connectivity index (χ1v) is 6.92. The Morgan fingerprint density at radius 3 is 2.87 bits per heavy atom. The van der Waals surface area contributed by atoms with Gasteiger partial charge in [0.25, 0.3) is 0 Å². The summed E-state index contributed by atoms with van der Waals surface area (Å²) in [6.45, 7) is 4.02. The molecule has 0 bridgehead atoms. The van der Waals surface area contributed by atoms with Gasteiger partial charge in [0.05, 0.1) is 6.54 Å². The van der Waals surface area contributed by atoms with Gasteiger partial charge in [0.15, 0.2) is 0 Å². The van der Waals surface area contributed by atoms with Crippen LogP contribution in [0.2, 0.25) is 0 Å². The molecule has 0 aromatic carbocycles. The van der Waals surface area contributed by atoms with Crippen molar-refractivity contribution in [3.05, 3.63) is 16.1 Å². The van der Waals surface area contributed by atoms with Crippen molar-refractivity contribution in [2.45, 2.75) is 38.8 Å². The molecular formula is C11H17ClN2S. The highest BCUT2D eigenvalue weighted by Gasteiger charge is 2.24. The molecule has 2 rings (SSSR count). The van der Waals surface area contributed by atoms with Crippen molar-refractivity contribution in [3.63, 3.8) is 0 Å². The van der Waals surface area contributed by atoms with Gasteiger partial charge in [-0.3, -0.25) is 4.90 Å². The minimum absolute atomic E-state index is 0.723. The average molecular weight is 245 g/mol. The molecule has 0 atom stereocenters. The average Bonchev–Trinajstić information content (AvgIpc) is 2.48. The molecule has 0 unspecified atom stereocenters.